The molecule has 0 aromatic carbocycles. The predicted molar refractivity (Wildman–Crippen MR) is 148 cm³/mol. The van der Waals surface area contributed by atoms with Crippen LogP contribution in [0.3, 0.4) is 0 Å². The van der Waals surface area contributed by atoms with Crippen molar-refractivity contribution in [2.45, 2.75) is 139 Å². The summed E-state index contributed by atoms with van der Waals surface area (Å²) in [6.07, 6.45) is 4.17. The van der Waals surface area contributed by atoms with Crippen LogP contribution in [0, 0.1) is 0 Å². The minimum Gasteiger partial charge on any atom is -0.394 e. The number of aliphatic hydroxyl groups is 5. The normalized spacial score (nSPS) is 26.8. The molecule has 0 aliphatic carbocycles. The molecule has 1 heterocycles. The van der Waals surface area contributed by atoms with Crippen molar-refractivity contribution < 1.29 is 50.1 Å². The second-order valence-corrected chi connectivity index (χ2v) is 12.2. The van der Waals surface area contributed by atoms with Gasteiger partial charge in [0.25, 0.3) is 0 Å². The Morgan fingerprint density at radius 2 is 1.45 bits per heavy atom. The highest BCUT2D eigenvalue weighted by Gasteiger charge is 2.48. The second kappa shape index (κ2) is 20.2. The lowest BCUT2D eigenvalue weighted by molar-refractivity contribution is -0.298. The maximum absolute atomic E-state index is 11.6. The van der Waals surface area contributed by atoms with Gasteiger partial charge in [-0.25, -0.2) is 4.18 Å². The fourth-order valence-electron chi connectivity index (χ4n) is 4.41. The van der Waals surface area contributed by atoms with E-state index >= 15 is 0 Å². The quantitative estimate of drug-likeness (QED) is 0.0712. The number of aliphatic hydroxyl groups excluding tert-OH is 5. The van der Waals surface area contributed by atoms with Gasteiger partial charge in [0, 0.05) is 0 Å². The monoisotopic (exact) mass is 685 g/mol. The maximum atomic E-state index is 11.6. The van der Waals surface area contributed by atoms with Gasteiger partial charge in [0.1, 0.15) is 47.4 Å². The summed E-state index contributed by atoms with van der Waals surface area (Å²) in [6, 6.07) is -1.04. The Bertz CT molecular complexity index is 705. The fraction of sp³-hybridized carbons (Fsp3) is 1.00. The molecule has 7 N–H and O–H groups in total. The summed E-state index contributed by atoms with van der Waals surface area (Å²) in [5, 5.41) is 50.7. The molecule has 14 heteroatoms. The Balaban J connectivity index is 2.33. The van der Waals surface area contributed by atoms with Crippen LogP contribution in [-0.4, -0.2) is 96.1 Å². The van der Waals surface area contributed by atoms with E-state index in [0.29, 0.717) is 6.42 Å². The number of halogens is 1. The van der Waals surface area contributed by atoms with Gasteiger partial charge in [-0.05, 0) is 6.42 Å². The van der Waals surface area contributed by atoms with Crippen LogP contribution < -0.4 is 5.73 Å². The minimum absolute atomic E-state index is 0.366. The van der Waals surface area contributed by atoms with Crippen molar-refractivity contribution in [3.05, 3.63) is 0 Å². The molecule has 0 saturated carbocycles. The van der Waals surface area contributed by atoms with Gasteiger partial charge in [-0.15, -0.1) is 0 Å². The molecule has 0 unspecified atom stereocenters. The molecule has 38 heavy (non-hydrogen) atoms. The number of hydrogen-bond acceptors (Lipinski definition) is 12. The highest BCUT2D eigenvalue weighted by molar-refractivity contribution is 14.1. The van der Waals surface area contributed by atoms with E-state index < -0.39 is 66.0 Å². The third kappa shape index (κ3) is 13.8. The van der Waals surface area contributed by atoms with E-state index in [1.54, 1.807) is 0 Å². The van der Waals surface area contributed by atoms with E-state index in [-0.39, 0.29) is 6.61 Å². The lowest BCUT2D eigenvalue weighted by Crippen LogP contribution is -2.61. The zero-order chi connectivity index (χ0) is 28.6. The molecular formula is C24H48INO11S. The first-order valence-electron chi connectivity index (χ1n) is 13.7. The lowest BCUT2D eigenvalue weighted by Gasteiger charge is -2.41. The van der Waals surface area contributed by atoms with Gasteiger partial charge in [-0.2, -0.15) is 10.9 Å². The molecule has 1 rings (SSSR count). The number of ether oxygens (including phenoxy) is 2. The second-order valence-electron chi connectivity index (χ2n) is 9.97. The van der Waals surface area contributed by atoms with Gasteiger partial charge in [-0.1, -0.05) is 84.0 Å². The van der Waals surface area contributed by atoms with Crippen LogP contribution in [0.25, 0.3) is 0 Å². The molecule has 0 amide bonds. The van der Waals surface area contributed by atoms with Crippen molar-refractivity contribution in [1.29, 1.82) is 0 Å². The molecule has 228 valence electrons. The van der Waals surface area contributed by atoms with Gasteiger partial charge < -0.3 is 40.7 Å². The molecule has 12 nitrogen and oxygen atoms in total. The Labute approximate surface area is 241 Å². The summed E-state index contributed by atoms with van der Waals surface area (Å²) >= 11 is 1.07. The number of nitrogens with two attached hydrogens (primary N) is 1. The van der Waals surface area contributed by atoms with Crippen LogP contribution in [0.1, 0.15) is 90.4 Å². The van der Waals surface area contributed by atoms with Crippen LogP contribution in [0.4, 0.5) is 0 Å². The molecule has 0 radical (unpaired) electrons. The molecule has 1 fully saturated rings. The number of rotatable bonds is 22. The molecular weight excluding hydrogens is 637 g/mol. The van der Waals surface area contributed by atoms with Crippen LogP contribution >= 0.6 is 23.0 Å². The van der Waals surface area contributed by atoms with Crippen LogP contribution in [0.2, 0.25) is 0 Å². The summed E-state index contributed by atoms with van der Waals surface area (Å²) in [5.41, 5.74) is 5.95. The number of hydrogen-bond donors (Lipinski definition) is 6. The molecule has 0 aromatic rings. The molecule has 0 bridgehead atoms. The highest BCUT2D eigenvalue weighted by atomic mass is 127. The van der Waals surface area contributed by atoms with E-state index in [1.807, 2.05) is 0 Å². The largest absolute Gasteiger partial charge is 0.409 e. The maximum Gasteiger partial charge on any atom is 0.409 e. The third-order valence-electron chi connectivity index (χ3n) is 6.77. The smallest absolute Gasteiger partial charge is 0.394 e. The topological polar surface area (TPSA) is 198 Å². The van der Waals surface area contributed by atoms with Gasteiger partial charge in [0.2, 0.25) is 0 Å². The molecule has 1 aliphatic rings. The highest BCUT2D eigenvalue weighted by Crippen LogP contribution is 2.26. The molecule has 1 aliphatic heterocycles. The van der Waals surface area contributed by atoms with Crippen molar-refractivity contribution >= 4 is 33.4 Å². The third-order valence-corrected chi connectivity index (χ3v) is 8.70. The Kier molecular flexibility index (Phi) is 19.3. The van der Waals surface area contributed by atoms with Crippen LogP contribution in [0.5, 0.6) is 0 Å². The van der Waals surface area contributed by atoms with E-state index in [1.165, 1.54) is 51.4 Å². The van der Waals surface area contributed by atoms with E-state index in [0.717, 1.165) is 48.7 Å². The predicted octanol–water partition coefficient (Wildman–Crippen LogP) is 1.58. The molecule has 0 aromatic heterocycles. The standard InChI is InChI=1S/C24H48INO11S/c1-2-3-4-5-6-7-8-9-10-11-12-13-14-18(28)20(29)17(26)16-34-24-22(31)23(36-38(32,33)37-25)21(30)19(15-27)35-24/h17-24,27-31H,2-16,26H2,1H3/t17-,18+,19+,20-,21-,22+,23-,24+/m0/s1. The Morgan fingerprint density at radius 3 is 1.95 bits per heavy atom. The first-order valence-corrected chi connectivity index (χ1v) is 15.9. The summed E-state index contributed by atoms with van der Waals surface area (Å²) in [7, 11) is -4.54. The van der Waals surface area contributed by atoms with Crippen LogP contribution in [0.15, 0.2) is 0 Å². The van der Waals surface area contributed by atoms with Gasteiger partial charge in [-0.3, -0.25) is 0 Å². The average Bonchev–Trinajstić information content (AvgIpc) is 2.90. The SMILES string of the molecule is CCCCCCCCCCCCCC[C@@H](O)[C@@H](O)[C@@H](N)CO[C@@H]1O[C@H](CO)[C@H](O)[C@H](OS(=O)(=O)OI)[C@H]1O. The fourth-order valence-corrected chi connectivity index (χ4v) is 5.19. The Morgan fingerprint density at radius 1 is 0.921 bits per heavy atom. The van der Waals surface area contributed by atoms with Crippen molar-refractivity contribution in [2.24, 2.45) is 5.73 Å². The zero-order valence-corrected chi connectivity index (χ0v) is 25.2. The van der Waals surface area contributed by atoms with E-state index in [9.17, 15) is 34.0 Å². The van der Waals surface area contributed by atoms with Gasteiger partial charge in [0.15, 0.2) is 6.29 Å². The summed E-state index contributed by atoms with van der Waals surface area (Å²) in [6.45, 7) is 1.14. The van der Waals surface area contributed by atoms with Crippen molar-refractivity contribution in [3.63, 3.8) is 0 Å². The van der Waals surface area contributed by atoms with Gasteiger partial charge in [0.05, 0.1) is 31.5 Å². The first kappa shape index (κ1) is 36.3. The summed E-state index contributed by atoms with van der Waals surface area (Å²) in [4.78, 5) is 0. The minimum atomic E-state index is -4.54. The average molecular weight is 686 g/mol. The molecule has 8 atom stereocenters. The van der Waals surface area contributed by atoms with E-state index in [4.69, 9.17) is 15.2 Å². The van der Waals surface area contributed by atoms with Crippen LogP contribution in [-0.2, 0) is 26.6 Å². The van der Waals surface area contributed by atoms with E-state index in [2.05, 4.69) is 13.6 Å². The molecule has 1 saturated heterocycles. The van der Waals surface area contributed by atoms with Crippen molar-refractivity contribution in [1.82, 2.24) is 0 Å². The summed E-state index contributed by atoms with van der Waals surface area (Å²) in [5.74, 6) is 0. The zero-order valence-electron chi connectivity index (χ0n) is 22.3. The first-order chi connectivity index (χ1) is 18.1. The van der Waals surface area contributed by atoms with Gasteiger partial charge >= 0.3 is 10.4 Å². The van der Waals surface area contributed by atoms with Crippen molar-refractivity contribution in [3.8, 4) is 0 Å². The Hall–Kier alpha value is 0.280. The molecule has 0 spiro atoms. The number of unbranched alkanes of at least 4 members (excludes halogenated alkanes) is 11. The summed E-state index contributed by atoms with van der Waals surface area (Å²) < 4.78 is 42.7. The lowest BCUT2D eigenvalue weighted by atomic mass is 9.99. The van der Waals surface area contributed by atoms with Crippen molar-refractivity contribution in [2.75, 3.05) is 13.2 Å².